The van der Waals surface area contributed by atoms with Crippen LogP contribution in [-0.4, -0.2) is 32.0 Å². The molecule has 0 spiro atoms. The Morgan fingerprint density at radius 1 is 1.11 bits per heavy atom. The number of ether oxygens (including phenoxy) is 2. The lowest BCUT2D eigenvalue weighted by molar-refractivity contribution is -0.0921. The molecule has 1 fully saturated rings. The van der Waals surface area contributed by atoms with Gasteiger partial charge in [0.2, 0.25) is 0 Å². The molecule has 0 radical (unpaired) electrons. The SMILES string of the molecule is CC(C)COCCOC1(CN)CCC(C(C)C)CC1. The smallest absolute Gasteiger partial charge is 0.0805 e. The maximum Gasteiger partial charge on any atom is 0.0805 e. The molecule has 1 saturated carbocycles. The van der Waals surface area contributed by atoms with Crippen molar-refractivity contribution in [1.29, 1.82) is 0 Å². The molecule has 114 valence electrons. The van der Waals surface area contributed by atoms with Gasteiger partial charge in [-0.05, 0) is 43.4 Å². The van der Waals surface area contributed by atoms with Crippen LogP contribution < -0.4 is 5.73 Å². The normalized spacial score (nSPS) is 28.3. The third-order valence-electron chi connectivity index (χ3n) is 4.34. The molecule has 19 heavy (non-hydrogen) atoms. The lowest BCUT2D eigenvalue weighted by Gasteiger charge is -2.40. The second kappa shape index (κ2) is 8.23. The van der Waals surface area contributed by atoms with Crippen LogP contribution in [0, 0.1) is 17.8 Å². The van der Waals surface area contributed by atoms with E-state index >= 15 is 0 Å². The fourth-order valence-corrected chi connectivity index (χ4v) is 2.88. The first-order valence-corrected chi connectivity index (χ1v) is 7.91. The highest BCUT2D eigenvalue weighted by molar-refractivity contribution is 4.89. The van der Waals surface area contributed by atoms with Gasteiger partial charge < -0.3 is 15.2 Å². The Labute approximate surface area is 119 Å². The second-order valence-corrected chi connectivity index (χ2v) is 6.79. The predicted molar refractivity (Wildman–Crippen MR) is 80.2 cm³/mol. The highest BCUT2D eigenvalue weighted by Gasteiger charge is 2.35. The highest BCUT2D eigenvalue weighted by Crippen LogP contribution is 2.37. The van der Waals surface area contributed by atoms with Crippen molar-refractivity contribution in [2.75, 3.05) is 26.4 Å². The zero-order valence-electron chi connectivity index (χ0n) is 13.3. The zero-order valence-corrected chi connectivity index (χ0v) is 13.3. The highest BCUT2D eigenvalue weighted by atomic mass is 16.5. The second-order valence-electron chi connectivity index (χ2n) is 6.79. The average molecular weight is 271 g/mol. The van der Waals surface area contributed by atoms with Crippen molar-refractivity contribution in [3.8, 4) is 0 Å². The molecule has 0 amide bonds. The van der Waals surface area contributed by atoms with E-state index in [4.69, 9.17) is 15.2 Å². The summed E-state index contributed by atoms with van der Waals surface area (Å²) in [6, 6.07) is 0. The van der Waals surface area contributed by atoms with Crippen LogP contribution in [0.4, 0.5) is 0 Å². The molecule has 0 aliphatic heterocycles. The topological polar surface area (TPSA) is 44.5 Å². The molecule has 0 aromatic rings. The van der Waals surface area contributed by atoms with Crippen LogP contribution in [0.3, 0.4) is 0 Å². The molecular weight excluding hydrogens is 238 g/mol. The van der Waals surface area contributed by atoms with Crippen LogP contribution in [0.15, 0.2) is 0 Å². The van der Waals surface area contributed by atoms with Gasteiger partial charge in [-0.25, -0.2) is 0 Å². The van der Waals surface area contributed by atoms with Gasteiger partial charge in [0.05, 0.1) is 18.8 Å². The van der Waals surface area contributed by atoms with Crippen LogP contribution >= 0.6 is 0 Å². The summed E-state index contributed by atoms with van der Waals surface area (Å²) in [5.41, 5.74) is 5.88. The minimum atomic E-state index is -0.0768. The van der Waals surface area contributed by atoms with E-state index in [0.717, 1.165) is 31.3 Å². The first kappa shape index (κ1) is 16.9. The summed E-state index contributed by atoms with van der Waals surface area (Å²) in [5.74, 6) is 2.22. The van der Waals surface area contributed by atoms with Gasteiger partial charge in [-0.1, -0.05) is 27.7 Å². The Bertz CT molecular complexity index is 233. The Balaban J connectivity index is 2.25. The van der Waals surface area contributed by atoms with Crippen molar-refractivity contribution in [2.24, 2.45) is 23.5 Å². The maximum absolute atomic E-state index is 6.08. The van der Waals surface area contributed by atoms with Gasteiger partial charge in [0.1, 0.15) is 0 Å². The summed E-state index contributed by atoms with van der Waals surface area (Å²) >= 11 is 0. The van der Waals surface area contributed by atoms with E-state index in [-0.39, 0.29) is 5.60 Å². The molecule has 1 aliphatic carbocycles. The molecule has 0 heterocycles. The molecule has 0 saturated heterocycles. The van der Waals surface area contributed by atoms with E-state index < -0.39 is 0 Å². The third kappa shape index (κ3) is 5.80. The van der Waals surface area contributed by atoms with Crippen molar-refractivity contribution in [2.45, 2.75) is 59.0 Å². The number of hydrogen-bond acceptors (Lipinski definition) is 3. The van der Waals surface area contributed by atoms with Gasteiger partial charge in [0.25, 0.3) is 0 Å². The lowest BCUT2D eigenvalue weighted by Crippen LogP contribution is -2.45. The summed E-state index contributed by atoms with van der Waals surface area (Å²) in [5, 5.41) is 0. The first-order chi connectivity index (χ1) is 8.99. The molecule has 0 bridgehead atoms. The van der Waals surface area contributed by atoms with Gasteiger partial charge in [-0.2, -0.15) is 0 Å². The van der Waals surface area contributed by atoms with Gasteiger partial charge in [-0.15, -0.1) is 0 Å². The molecule has 2 N–H and O–H groups in total. The molecule has 3 heteroatoms. The average Bonchev–Trinajstić information content (AvgIpc) is 2.38. The van der Waals surface area contributed by atoms with Crippen molar-refractivity contribution < 1.29 is 9.47 Å². The van der Waals surface area contributed by atoms with Crippen molar-refractivity contribution in [1.82, 2.24) is 0 Å². The van der Waals surface area contributed by atoms with Crippen LogP contribution in [0.5, 0.6) is 0 Å². The van der Waals surface area contributed by atoms with Gasteiger partial charge in [0, 0.05) is 13.2 Å². The fraction of sp³-hybridized carbons (Fsp3) is 1.00. The standard InChI is InChI=1S/C16H33NO2/c1-13(2)11-18-9-10-19-16(12-17)7-5-15(6-8-16)14(3)4/h13-15H,5-12,17H2,1-4H3. The number of hydrogen-bond donors (Lipinski definition) is 1. The molecule has 0 unspecified atom stereocenters. The Kier molecular flexibility index (Phi) is 7.33. The quantitative estimate of drug-likeness (QED) is 0.689. The van der Waals surface area contributed by atoms with Gasteiger partial charge >= 0.3 is 0 Å². The molecule has 0 aromatic heterocycles. The van der Waals surface area contributed by atoms with Crippen molar-refractivity contribution >= 4 is 0 Å². The number of rotatable bonds is 8. The molecular formula is C16H33NO2. The van der Waals surface area contributed by atoms with Crippen LogP contribution in [0.25, 0.3) is 0 Å². The lowest BCUT2D eigenvalue weighted by atomic mass is 9.74. The van der Waals surface area contributed by atoms with E-state index in [1.807, 2.05) is 0 Å². The van der Waals surface area contributed by atoms with Crippen LogP contribution in [-0.2, 0) is 9.47 Å². The molecule has 0 atom stereocenters. The first-order valence-electron chi connectivity index (χ1n) is 7.91. The Morgan fingerprint density at radius 2 is 1.74 bits per heavy atom. The summed E-state index contributed by atoms with van der Waals surface area (Å²) in [6.45, 7) is 11.8. The Morgan fingerprint density at radius 3 is 2.21 bits per heavy atom. The molecule has 0 aromatic carbocycles. The van der Waals surface area contributed by atoms with E-state index in [1.165, 1.54) is 12.8 Å². The van der Waals surface area contributed by atoms with E-state index in [9.17, 15) is 0 Å². The molecule has 1 aliphatic rings. The van der Waals surface area contributed by atoms with Gasteiger partial charge in [0.15, 0.2) is 0 Å². The largest absolute Gasteiger partial charge is 0.379 e. The minimum absolute atomic E-state index is 0.0768. The predicted octanol–water partition coefficient (Wildman–Crippen LogP) is 3.22. The van der Waals surface area contributed by atoms with E-state index in [1.54, 1.807) is 0 Å². The van der Waals surface area contributed by atoms with Crippen LogP contribution in [0.1, 0.15) is 53.4 Å². The van der Waals surface area contributed by atoms with Crippen molar-refractivity contribution in [3.63, 3.8) is 0 Å². The fourth-order valence-electron chi connectivity index (χ4n) is 2.88. The maximum atomic E-state index is 6.08. The van der Waals surface area contributed by atoms with Crippen LogP contribution in [0.2, 0.25) is 0 Å². The summed E-state index contributed by atoms with van der Waals surface area (Å²) in [7, 11) is 0. The minimum Gasteiger partial charge on any atom is -0.379 e. The third-order valence-corrected chi connectivity index (χ3v) is 4.34. The monoisotopic (exact) mass is 271 g/mol. The summed E-state index contributed by atoms with van der Waals surface area (Å²) in [6.07, 6.45) is 4.72. The zero-order chi connectivity index (χ0) is 14.3. The summed E-state index contributed by atoms with van der Waals surface area (Å²) < 4.78 is 11.6. The Hall–Kier alpha value is -0.120. The van der Waals surface area contributed by atoms with Crippen molar-refractivity contribution in [3.05, 3.63) is 0 Å². The van der Waals surface area contributed by atoms with E-state index in [0.29, 0.717) is 25.7 Å². The molecule has 1 rings (SSSR count). The number of nitrogens with two attached hydrogens (primary N) is 1. The van der Waals surface area contributed by atoms with E-state index in [2.05, 4.69) is 27.7 Å². The molecule has 3 nitrogen and oxygen atoms in total. The summed E-state index contributed by atoms with van der Waals surface area (Å²) in [4.78, 5) is 0. The van der Waals surface area contributed by atoms with Gasteiger partial charge in [-0.3, -0.25) is 0 Å².